The Hall–Kier alpha value is -1.88. The Labute approximate surface area is 112 Å². The van der Waals surface area contributed by atoms with Gasteiger partial charge in [-0.2, -0.15) is 0 Å². The van der Waals surface area contributed by atoms with Crippen LogP contribution in [0.3, 0.4) is 0 Å². The van der Waals surface area contributed by atoms with Gasteiger partial charge in [-0.3, -0.25) is 10.1 Å². The standard InChI is InChI=1S/C14H19N3O2/c1-14(2,3)15-7-6-11-8-10-4-5-12(17(18)19)9-13(10)16-11/h4-5,8-9,15-16H,6-7H2,1-3H3. The molecule has 2 aromatic rings. The van der Waals surface area contributed by atoms with Crippen LogP contribution in [0.1, 0.15) is 26.5 Å². The summed E-state index contributed by atoms with van der Waals surface area (Å²) >= 11 is 0. The molecule has 1 aromatic heterocycles. The van der Waals surface area contributed by atoms with Crippen molar-refractivity contribution in [2.45, 2.75) is 32.7 Å². The summed E-state index contributed by atoms with van der Waals surface area (Å²) in [6.07, 6.45) is 0.875. The first-order chi connectivity index (χ1) is 8.85. The second kappa shape index (κ2) is 5.01. The van der Waals surface area contributed by atoms with E-state index in [1.807, 2.05) is 6.07 Å². The highest BCUT2D eigenvalue weighted by Crippen LogP contribution is 2.21. The van der Waals surface area contributed by atoms with E-state index in [9.17, 15) is 10.1 Å². The number of hydrogen-bond acceptors (Lipinski definition) is 3. The zero-order valence-corrected chi connectivity index (χ0v) is 11.5. The summed E-state index contributed by atoms with van der Waals surface area (Å²) in [4.78, 5) is 13.6. The molecule has 102 valence electrons. The molecule has 0 aliphatic carbocycles. The molecule has 1 aromatic carbocycles. The Morgan fingerprint density at radius 2 is 2.05 bits per heavy atom. The van der Waals surface area contributed by atoms with Crippen LogP contribution in [0.25, 0.3) is 10.9 Å². The Balaban J connectivity index is 2.11. The number of aromatic nitrogens is 1. The zero-order valence-electron chi connectivity index (χ0n) is 11.5. The summed E-state index contributed by atoms with van der Waals surface area (Å²) < 4.78 is 0. The number of aromatic amines is 1. The van der Waals surface area contributed by atoms with Gasteiger partial charge in [0.2, 0.25) is 0 Å². The second-order valence-corrected chi connectivity index (χ2v) is 5.75. The third-order valence-corrected chi connectivity index (χ3v) is 2.92. The summed E-state index contributed by atoms with van der Waals surface area (Å²) in [5.74, 6) is 0. The van der Waals surface area contributed by atoms with Gasteiger partial charge in [0.1, 0.15) is 0 Å². The first kappa shape index (κ1) is 13.5. The van der Waals surface area contributed by atoms with Crippen molar-refractivity contribution in [1.29, 1.82) is 0 Å². The number of nitrogens with zero attached hydrogens (tertiary/aromatic N) is 1. The van der Waals surface area contributed by atoms with Gasteiger partial charge in [-0.15, -0.1) is 0 Å². The van der Waals surface area contributed by atoms with Crippen molar-refractivity contribution in [2.75, 3.05) is 6.54 Å². The summed E-state index contributed by atoms with van der Waals surface area (Å²) in [6, 6.07) is 6.94. The highest BCUT2D eigenvalue weighted by Gasteiger charge is 2.10. The van der Waals surface area contributed by atoms with Crippen molar-refractivity contribution in [3.8, 4) is 0 Å². The fourth-order valence-corrected chi connectivity index (χ4v) is 2.00. The maximum Gasteiger partial charge on any atom is 0.271 e. The topological polar surface area (TPSA) is 71.0 Å². The van der Waals surface area contributed by atoms with E-state index in [1.165, 1.54) is 6.07 Å². The van der Waals surface area contributed by atoms with Crippen LogP contribution in [-0.4, -0.2) is 22.0 Å². The predicted octanol–water partition coefficient (Wildman–Crippen LogP) is 3.01. The highest BCUT2D eigenvalue weighted by molar-refractivity contribution is 5.82. The molecule has 5 heteroatoms. The Morgan fingerprint density at radius 3 is 2.68 bits per heavy atom. The predicted molar refractivity (Wildman–Crippen MR) is 76.4 cm³/mol. The van der Waals surface area contributed by atoms with E-state index in [1.54, 1.807) is 12.1 Å². The summed E-state index contributed by atoms with van der Waals surface area (Å²) in [5, 5.41) is 15.1. The number of H-pyrrole nitrogens is 1. The van der Waals surface area contributed by atoms with Gasteiger partial charge in [0.15, 0.2) is 0 Å². The maximum atomic E-state index is 10.7. The average Bonchev–Trinajstić information content (AvgIpc) is 2.68. The lowest BCUT2D eigenvalue weighted by atomic mass is 10.1. The lowest BCUT2D eigenvalue weighted by Gasteiger charge is -2.20. The molecule has 0 aliphatic rings. The Bertz CT molecular complexity index is 596. The van der Waals surface area contributed by atoms with Crippen LogP contribution < -0.4 is 5.32 Å². The van der Waals surface area contributed by atoms with E-state index in [-0.39, 0.29) is 16.1 Å². The van der Waals surface area contributed by atoms with Gasteiger partial charge in [0, 0.05) is 35.3 Å². The van der Waals surface area contributed by atoms with Gasteiger partial charge in [0.25, 0.3) is 5.69 Å². The van der Waals surface area contributed by atoms with Gasteiger partial charge >= 0.3 is 0 Å². The lowest BCUT2D eigenvalue weighted by molar-refractivity contribution is -0.384. The SMILES string of the molecule is CC(C)(C)NCCc1cc2ccc([N+](=O)[O-])cc2[nH]1. The van der Waals surface area contributed by atoms with Crippen LogP contribution in [0.15, 0.2) is 24.3 Å². The van der Waals surface area contributed by atoms with Crippen LogP contribution in [0, 0.1) is 10.1 Å². The van der Waals surface area contributed by atoms with E-state index < -0.39 is 0 Å². The third-order valence-electron chi connectivity index (χ3n) is 2.92. The van der Waals surface area contributed by atoms with Crippen LogP contribution in [0.5, 0.6) is 0 Å². The molecule has 19 heavy (non-hydrogen) atoms. The van der Waals surface area contributed by atoms with E-state index in [0.717, 1.165) is 29.6 Å². The smallest absolute Gasteiger partial charge is 0.271 e. The summed E-state index contributed by atoms with van der Waals surface area (Å²) in [6.45, 7) is 7.25. The molecule has 5 nitrogen and oxygen atoms in total. The van der Waals surface area contributed by atoms with Crippen molar-refractivity contribution >= 4 is 16.6 Å². The van der Waals surface area contributed by atoms with Crippen molar-refractivity contribution in [3.05, 3.63) is 40.1 Å². The average molecular weight is 261 g/mol. The number of nitro groups is 1. The van der Waals surface area contributed by atoms with E-state index >= 15 is 0 Å². The number of nitrogens with one attached hydrogen (secondary N) is 2. The molecule has 2 N–H and O–H groups in total. The van der Waals surface area contributed by atoms with Gasteiger partial charge < -0.3 is 10.3 Å². The number of fused-ring (bicyclic) bond motifs is 1. The van der Waals surface area contributed by atoms with Crippen LogP contribution in [0.2, 0.25) is 0 Å². The maximum absolute atomic E-state index is 10.7. The molecule has 0 aliphatic heterocycles. The van der Waals surface area contributed by atoms with Crippen LogP contribution in [-0.2, 0) is 6.42 Å². The quantitative estimate of drug-likeness (QED) is 0.656. The van der Waals surface area contributed by atoms with Gasteiger partial charge in [0.05, 0.1) is 10.4 Å². The van der Waals surface area contributed by atoms with Crippen molar-refractivity contribution in [1.82, 2.24) is 10.3 Å². The van der Waals surface area contributed by atoms with Crippen molar-refractivity contribution < 1.29 is 4.92 Å². The van der Waals surface area contributed by atoms with E-state index in [4.69, 9.17) is 0 Å². The van der Waals surface area contributed by atoms with Crippen molar-refractivity contribution in [2.24, 2.45) is 0 Å². The summed E-state index contributed by atoms with van der Waals surface area (Å²) in [7, 11) is 0. The molecule has 1 heterocycles. The Kier molecular flexibility index (Phi) is 3.57. The van der Waals surface area contributed by atoms with Gasteiger partial charge in [-0.1, -0.05) is 0 Å². The minimum atomic E-state index is -0.374. The number of hydrogen-bond donors (Lipinski definition) is 2. The minimum absolute atomic E-state index is 0.102. The Morgan fingerprint density at radius 1 is 1.32 bits per heavy atom. The highest BCUT2D eigenvalue weighted by atomic mass is 16.6. The van der Waals surface area contributed by atoms with Gasteiger partial charge in [-0.05, 0) is 39.3 Å². The molecule has 0 saturated carbocycles. The normalized spacial score (nSPS) is 11.9. The van der Waals surface area contributed by atoms with Gasteiger partial charge in [-0.25, -0.2) is 0 Å². The monoisotopic (exact) mass is 261 g/mol. The zero-order chi connectivity index (χ0) is 14.0. The van der Waals surface area contributed by atoms with E-state index in [2.05, 4.69) is 31.1 Å². The van der Waals surface area contributed by atoms with Crippen molar-refractivity contribution in [3.63, 3.8) is 0 Å². The number of benzene rings is 1. The van der Waals surface area contributed by atoms with E-state index in [0.29, 0.717) is 0 Å². The van der Waals surface area contributed by atoms with Crippen LogP contribution in [0.4, 0.5) is 5.69 Å². The molecule has 2 rings (SSSR count). The number of non-ortho nitro benzene ring substituents is 1. The number of rotatable bonds is 4. The fraction of sp³-hybridized carbons (Fsp3) is 0.429. The molecule has 0 spiro atoms. The molecular weight excluding hydrogens is 242 g/mol. The first-order valence-corrected chi connectivity index (χ1v) is 6.36. The lowest BCUT2D eigenvalue weighted by Crippen LogP contribution is -2.37. The second-order valence-electron chi connectivity index (χ2n) is 5.75. The molecule has 0 atom stereocenters. The van der Waals surface area contributed by atoms with Crippen LogP contribution >= 0.6 is 0 Å². The summed E-state index contributed by atoms with van der Waals surface area (Å²) in [5.41, 5.74) is 2.13. The molecule has 0 fully saturated rings. The fourth-order valence-electron chi connectivity index (χ4n) is 2.00. The molecule has 0 unspecified atom stereocenters. The molecule has 0 radical (unpaired) electrons. The minimum Gasteiger partial charge on any atom is -0.358 e. The molecule has 0 bridgehead atoms. The molecular formula is C14H19N3O2. The largest absolute Gasteiger partial charge is 0.358 e. The number of nitro benzene ring substituents is 1. The molecule has 0 saturated heterocycles. The first-order valence-electron chi connectivity index (χ1n) is 6.36. The molecule has 0 amide bonds. The third kappa shape index (κ3) is 3.54.